The zero-order chi connectivity index (χ0) is 11.7. The van der Waals surface area contributed by atoms with Crippen LogP contribution in [0.3, 0.4) is 0 Å². The highest BCUT2D eigenvalue weighted by molar-refractivity contribution is 5.66. The second kappa shape index (κ2) is 4.13. The first-order valence-electron chi connectivity index (χ1n) is 5.83. The Kier molecular flexibility index (Phi) is 2.48. The molecule has 0 spiro atoms. The SMILES string of the molecule is Nc1cnccc1N(Cc1ccco1)C1CC1. The molecular formula is C13H15N3O. The van der Waals surface area contributed by atoms with Crippen LogP contribution < -0.4 is 10.6 Å². The number of aromatic nitrogens is 1. The molecule has 0 amide bonds. The second-order valence-corrected chi connectivity index (χ2v) is 4.37. The highest BCUT2D eigenvalue weighted by Gasteiger charge is 2.30. The molecule has 17 heavy (non-hydrogen) atoms. The average Bonchev–Trinajstić information content (AvgIpc) is 3.05. The predicted molar refractivity (Wildman–Crippen MR) is 66.6 cm³/mol. The highest BCUT2D eigenvalue weighted by atomic mass is 16.3. The van der Waals surface area contributed by atoms with Gasteiger partial charge in [0.1, 0.15) is 5.76 Å². The molecule has 1 fully saturated rings. The molecule has 0 saturated heterocycles. The maximum absolute atomic E-state index is 5.98. The van der Waals surface area contributed by atoms with E-state index in [1.165, 1.54) is 12.8 Å². The van der Waals surface area contributed by atoms with E-state index < -0.39 is 0 Å². The number of hydrogen-bond donors (Lipinski definition) is 1. The van der Waals surface area contributed by atoms with Crippen molar-refractivity contribution in [3.05, 3.63) is 42.6 Å². The minimum Gasteiger partial charge on any atom is -0.467 e. The zero-order valence-electron chi connectivity index (χ0n) is 9.54. The van der Waals surface area contributed by atoms with Crippen LogP contribution in [-0.2, 0) is 6.54 Å². The Hall–Kier alpha value is -1.97. The van der Waals surface area contributed by atoms with Crippen LogP contribution in [0, 0.1) is 0 Å². The molecule has 0 bridgehead atoms. The predicted octanol–water partition coefficient (Wildman–Crippen LogP) is 2.43. The van der Waals surface area contributed by atoms with Crippen molar-refractivity contribution in [2.24, 2.45) is 0 Å². The maximum Gasteiger partial charge on any atom is 0.123 e. The number of nitrogens with zero attached hydrogens (tertiary/aromatic N) is 2. The van der Waals surface area contributed by atoms with Crippen LogP contribution in [-0.4, -0.2) is 11.0 Å². The molecule has 2 heterocycles. The molecule has 0 aromatic carbocycles. The van der Waals surface area contributed by atoms with Crippen LogP contribution in [0.1, 0.15) is 18.6 Å². The van der Waals surface area contributed by atoms with Gasteiger partial charge < -0.3 is 15.1 Å². The number of nitrogen functional groups attached to an aromatic ring is 1. The largest absolute Gasteiger partial charge is 0.467 e. The van der Waals surface area contributed by atoms with E-state index in [-0.39, 0.29) is 0 Å². The van der Waals surface area contributed by atoms with Crippen LogP contribution in [0.5, 0.6) is 0 Å². The van der Waals surface area contributed by atoms with Crippen molar-refractivity contribution in [3.63, 3.8) is 0 Å². The van der Waals surface area contributed by atoms with Gasteiger partial charge in [-0.2, -0.15) is 0 Å². The molecule has 1 aliphatic carbocycles. The summed E-state index contributed by atoms with van der Waals surface area (Å²) in [6.45, 7) is 0.770. The number of anilines is 2. The fraction of sp³-hybridized carbons (Fsp3) is 0.308. The van der Waals surface area contributed by atoms with E-state index in [2.05, 4.69) is 9.88 Å². The quantitative estimate of drug-likeness (QED) is 0.874. The lowest BCUT2D eigenvalue weighted by molar-refractivity contribution is 0.501. The highest BCUT2D eigenvalue weighted by Crippen LogP contribution is 2.35. The van der Waals surface area contributed by atoms with Crippen LogP contribution in [0.25, 0.3) is 0 Å². The normalized spacial score (nSPS) is 14.8. The molecule has 2 aromatic heterocycles. The molecular weight excluding hydrogens is 214 g/mol. The second-order valence-electron chi connectivity index (χ2n) is 4.37. The van der Waals surface area contributed by atoms with Crippen molar-refractivity contribution >= 4 is 11.4 Å². The molecule has 0 aliphatic heterocycles. The summed E-state index contributed by atoms with van der Waals surface area (Å²) in [5.74, 6) is 0.966. The van der Waals surface area contributed by atoms with Gasteiger partial charge in [0.05, 0.1) is 30.4 Å². The average molecular weight is 229 g/mol. The first kappa shape index (κ1) is 10.2. The molecule has 4 nitrogen and oxygen atoms in total. The Bertz CT molecular complexity index is 491. The summed E-state index contributed by atoms with van der Waals surface area (Å²) in [5, 5.41) is 0. The minimum absolute atomic E-state index is 0.588. The van der Waals surface area contributed by atoms with E-state index >= 15 is 0 Å². The van der Waals surface area contributed by atoms with Crippen molar-refractivity contribution in [1.82, 2.24) is 4.98 Å². The summed E-state index contributed by atoms with van der Waals surface area (Å²) in [4.78, 5) is 6.33. The van der Waals surface area contributed by atoms with Gasteiger partial charge in [0.2, 0.25) is 0 Å². The summed E-state index contributed by atoms with van der Waals surface area (Å²) >= 11 is 0. The maximum atomic E-state index is 5.98. The summed E-state index contributed by atoms with van der Waals surface area (Å²) in [7, 11) is 0. The van der Waals surface area contributed by atoms with Crippen LogP contribution in [0.2, 0.25) is 0 Å². The van der Waals surface area contributed by atoms with Crippen molar-refractivity contribution in [1.29, 1.82) is 0 Å². The topological polar surface area (TPSA) is 55.3 Å². The molecule has 88 valence electrons. The first-order valence-corrected chi connectivity index (χ1v) is 5.83. The van der Waals surface area contributed by atoms with Crippen molar-refractivity contribution in [3.8, 4) is 0 Å². The van der Waals surface area contributed by atoms with Gasteiger partial charge in [0, 0.05) is 12.2 Å². The van der Waals surface area contributed by atoms with Crippen molar-refractivity contribution < 1.29 is 4.42 Å². The molecule has 1 aliphatic rings. The lowest BCUT2D eigenvalue weighted by Crippen LogP contribution is -2.25. The number of nitrogens with two attached hydrogens (primary N) is 1. The minimum atomic E-state index is 0.588. The molecule has 0 radical (unpaired) electrons. The fourth-order valence-electron chi connectivity index (χ4n) is 2.03. The summed E-state index contributed by atoms with van der Waals surface area (Å²) in [5.41, 5.74) is 7.76. The number of hydrogen-bond acceptors (Lipinski definition) is 4. The molecule has 4 heteroatoms. The number of rotatable bonds is 4. The molecule has 0 unspecified atom stereocenters. The Labute approximate surface area is 100 Å². The Morgan fingerprint density at radius 3 is 2.94 bits per heavy atom. The Balaban J connectivity index is 1.88. The van der Waals surface area contributed by atoms with E-state index in [9.17, 15) is 0 Å². The van der Waals surface area contributed by atoms with E-state index in [0.29, 0.717) is 6.04 Å². The van der Waals surface area contributed by atoms with E-state index in [4.69, 9.17) is 10.2 Å². The Morgan fingerprint density at radius 2 is 2.29 bits per heavy atom. The number of pyridine rings is 1. The van der Waals surface area contributed by atoms with Gasteiger partial charge in [-0.1, -0.05) is 0 Å². The van der Waals surface area contributed by atoms with Crippen LogP contribution in [0.15, 0.2) is 41.3 Å². The van der Waals surface area contributed by atoms with Crippen LogP contribution in [0.4, 0.5) is 11.4 Å². The standard InChI is InChI=1S/C13H15N3O/c14-12-8-15-6-5-13(12)16(10-3-4-10)9-11-2-1-7-17-11/h1-2,5-8,10H,3-4,9,14H2. The van der Waals surface area contributed by atoms with Crippen LogP contribution >= 0.6 is 0 Å². The summed E-state index contributed by atoms with van der Waals surface area (Å²) in [6, 6.07) is 6.46. The number of furan rings is 1. The molecule has 2 N–H and O–H groups in total. The van der Waals surface area contributed by atoms with Gasteiger partial charge in [0.15, 0.2) is 0 Å². The van der Waals surface area contributed by atoms with Gasteiger partial charge in [0.25, 0.3) is 0 Å². The summed E-state index contributed by atoms with van der Waals surface area (Å²) < 4.78 is 5.41. The zero-order valence-corrected chi connectivity index (χ0v) is 9.54. The first-order chi connectivity index (χ1) is 8.34. The lowest BCUT2D eigenvalue weighted by atomic mass is 10.2. The van der Waals surface area contributed by atoms with Crippen molar-refractivity contribution in [2.45, 2.75) is 25.4 Å². The van der Waals surface area contributed by atoms with Gasteiger partial charge in [-0.25, -0.2) is 0 Å². The molecule has 2 aromatic rings. The third-order valence-electron chi connectivity index (χ3n) is 3.03. The van der Waals surface area contributed by atoms with Gasteiger partial charge in [-0.05, 0) is 31.0 Å². The van der Waals surface area contributed by atoms with E-state index in [1.54, 1.807) is 18.7 Å². The monoisotopic (exact) mass is 229 g/mol. The third kappa shape index (κ3) is 2.11. The molecule has 3 rings (SSSR count). The third-order valence-corrected chi connectivity index (χ3v) is 3.03. The van der Waals surface area contributed by atoms with E-state index in [0.717, 1.165) is 23.7 Å². The summed E-state index contributed by atoms with van der Waals surface area (Å²) in [6.07, 6.45) is 7.64. The Morgan fingerprint density at radius 1 is 1.41 bits per heavy atom. The fourth-order valence-corrected chi connectivity index (χ4v) is 2.03. The van der Waals surface area contributed by atoms with Gasteiger partial charge >= 0.3 is 0 Å². The smallest absolute Gasteiger partial charge is 0.123 e. The van der Waals surface area contributed by atoms with Gasteiger partial charge in [-0.15, -0.1) is 0 Å². The molecule has 1 saturated carbocycles. The van der Waals surface area contributed by atoms with E-state index in [1.807, 2.05) is 18.2 Å². The van der Waals surface area contributed by atoms with Gasteiger partial charge in [-0.3, -0.25) is 4.98 Å². The van der Waals surface area contributed by atoms with Crippen molar-refractivity contribution in [2.75, 3.05) is 10.6 Å². The lowest BCUT2D eigenvalue weighted by Gasteiger charge is -2.24. The molecule has 0 atom stereocenters.